The van der Waals surface area contributed by atoms with Crippen LogP contribution in [0.3, 0.4) is 0 Å². The molecule has 162 valence electrons. The Morgan fingerprint density at radius 3 is 2.72 bits per heavy atom. The Labute approximate surface area is 183 Å². The third kappa shape index (κ3) is 3.48. The molecule has 1 atom stereocenters. The summed E-state index contributed by atoms with van der Waals surface area (Å²) in [6, 6.07) is 12.2. The van der Waals surface area contributed by atoms with Gasteiger partial charge in [-0.2, -0.15) is 0 Å². The highest BCUT2D eigenvalue weighted by Gasteiger charge is 2.39. The van der Waals surface area contributed by atoms with Crippen molar-refractivity contribution in [2.24, 2.45) is 0 Å². The zero-order valence-electron chi connectivity index (χ0n) is 16.7. The molecule has 5 rings (SSSR count). The number of sulfonamides is 1. The van der Waals surface area contributed by atoms with Crippen molar-refractivity contribution in [3.63, 3.8) is 0 Å². The van der Waals surface area contributed by atoms with E-state index in [2.05, 4.69) is 15.0 Å². The molecule has 2 N–H and O–H groups in total. The number of amides is 3. The van der Waals surface area contributed by atoms with E-state index in [0.29, 0.717) is 22.0 Å². The molecule has 0 bridgehead atoms. The van der Waals surface area contributed by atoms with Gasteiger partial charge >= 0.3 is 0 Å². The van der Waals surface area contributed by atoms with E-state index in [1.165, 1.54) is 23.1 Å². The zero-order chi connectivity index (χ0) is 22.5. The number of nitrogens with one attached hydrogen (secondary N) is 2. The Morgan fingerprint density at radius 1 is 1.06 bits per heavy atom. The Kier molecular flexibility index (Phi) is 4.66. The van der Waals surface area contributed by atoms with Crippen molar-refractivity contribution in [2.75, 3.05) is 4.72 Å². The van der Waals surface area contributed by atoms with Crippen molar-refractivity contribution in [1.29, 1.82) is 0 Å². The summed E-state index contributed by atoms with van der Waals surface area (Å²) in [6.07, 6.45) is 2.07. The van der Waals surface area contributed by atoms with Gasteiger partial charge < -0.3 is 4.90 Å². The minimum Gasteiger partial charge on any atom is -0.322 e. The summed E-state index contributed by atoms with van der Waals surface area (Å²) < 4.78 is 28.3. The number of carbonyl (C=O) groups is 3. The molecule has 3 heterocycles. The van der Waals surface area contributed by atoms with Gasteiger partial charge in [0.1, 0.15) is 6.04 Å². The second kappa shape index (κ2) is 7.41. The van der Waals surface area contributed by atoms with Crippen LogP contribution in [-0.2, 0) is 26.2 Å². The molecule has 1 aromatic heterocycles. The lowest BCUT2D eigenvalue weighted by Crippen LogP contribution is -2.52. The van der Waals surface area contributed by atoms with E-state index in [4.69, 9.17) is 0 Å². The lowest BCUT2D eigenvalue weighted by atomic mass is 10.0. The van der Waals surface area contributed by atoms with Gasteiger partial charge in [-0.25, -0.2) is 8.42 Å². The highest BCUT2D eigenvalue weighted by atomic mass is 32.2. The summed E-state index contributed by atoms with van der Waals surface area (Å²) in [5.41, 5.74) is 1.95. The molecule has 0 saturated carbocycles. The molecule has 3 aromatic rings. The van der Waals surface area contributed by atoms with E-state index in [9.17, 15) is 22.8 Å². The number of pyridine rings is 1. The Hall–Kier alpha value is -3.79. The number of nitrogens with zero attached hydrogens (tertiary/aromatic N) is 2. The number of aromatic nitrogens is 1. The van der Waals surface area contributed by atoms with Crippen LogP contribution in [0.15, 0.2) is 59.6 Å². The first kappa shape index (κ1) is 20.1. The van der Waals surface area contributed by atoms with Crippen molar-refractivity contribution in [2.45, 2.75) is 30.3 Å². The summed E-state index contributed by atoms with van der Waals surface area (Å²) in [6.45, 7) is 0.227. The highest BCUT2D eigenvalue weighted by molar-refractivity contribution is 7.92. The molecule has 0 radical (unpaired) electrons. The minimum absolute atomic E-state index is 0.0787. The smallest absolute Gasteiger partial charge is 0.261 e. The van der Waals surface area contributed by atoms with Gasteiger partial charge in [-0.1, -0.05) is 12.1 Å². The molecule has 0 aliphatic carbocycles. The number of hydrogen-bond donors (Lipinski definition) is 2. The summed E-state index contributed by atoms with van der Waals surface area (Å²) in [4.78, 5) is 42.2. The fourth-order valence-corrected chi connectivity index (χ4v) is 5.14. The maximum absolute atomic E-state index is 12.9. The lowest BCUT2D eigenvalue weighted by Gasteiger charge is -2.29. The third-order valence-electron chi connectivity index (χ3n) is 5.67. The topological polar surface area (TPSA) is 126 Å². The largest absolute Gasteiger partial charge is 0.322 e. The molecule has 2 aliphatic heterocycles. The van der Waals surface area contributed by atoms with Crippen LogP contribution in [0.1, 0.15) is 28.8 Å². The fraction of sp³-hybridized carbons (Fsp3) is 0.182. The molecule has 32 heavy (non-hydrogen) atoms. The first-order valence-electron chi connectivity index (χ1n) is 9.97. The second-order valence-electron chi connectivity index (χ2n) is 7.74. The van der Waals surface area contributed by atoms with E-state index >= 15 is 0 Å². The fourth-order valence-electron chi connectivity index (χ4n) is 4.05. The summed E-state index contributed by atoms with van der Waals surface area (Å²) >= 11 is 0. The average molecular weight is 450 g/mol. The quantitative estimate of drug-likeness (QED) is 0.584. The van der Waals surface area contributed by atoms with Gasteiger partial charge in [0.15, 0.2) is 0 Å². The van der Waals surface area contributed by atoms with Gasteiger partial charge in [0.25, 0.3) is 15.9 Å². The molecule has 2 aliphatic rings. The Balaban J connectivity index is 1.39. The van der Waals surface area contributed by atoms with Crippen molar-refractivity contribution in [3.8, 4) is 0 Å². The van der Waals surface area contributed by atoms with Crippen LogP contribution in [0.4, 0.5) is 5.69 Å². The number of carbonyl (C=O) groups excluding carboxylic acids is 3. The van der Waals surface area contributed by atoms with Crippen molar-refractivity contribution in [1.82, 2.24) is 15.2 Å². The monoisotopic (exact) mass is 450 g/mol. The van der Waals surface area contributed by atoms with Gasteiger partial charge in [-0.05, 0) is 48.4 Å². The second-order valence-corrected chi connectivity index (χ2v) is 9.42. The molecule has 10 heteroatoms. The molecule has 1 saturated heterocycles. The zero-order valence-corrected chi connectivity index (χ0v) is 17.6. The first-order chi connectivity index (χ1) is 15.3. The number of fused-ring (bicyclic) bond motifs is 2. The Morgan fingerprint density at radius 2 is 1.91 bits per heavy atom. The van der Waals surface area contributed by atoms with E-state index in [1.807, 2.05) is 0 Å². The number of benzene rings is 2. The first-order valence-corrected chi connectivity index (χ1v) is 11.5. The molecule has 3 amide bonds. The maximum atomic E-state index is 12.9. The van der Waals surface area contributed by atoms with Crippen molar-refractivity contribution < 1.29 is 22.8 Å². The number of piperidine rings is 1. The third-order valence-corrected chi connectivity index (χ3v) is 7.04. The van der Waals surface area contributed by atoms with Crippen molar-refractivity contribution >= 4 is 44.3 Å². The van der Waals surface area contributed by atoms with Crippen LogP contribution in [0, 0.1) is 0 Å². The molecular weight excluding hydrogens is 432 g/mol. The van der Waals surface area contributed by atoms with Gasteiger partial charge in [-0.3, -0.25) is 29.4 Å². The molecular formula is C22H18N4O5S. The van der Waals surface area contributed by atoms with Crippen LogP contribution in [0.2, 0.25) is 0 Å². The van der Waals surface area contributed by atoms with E-state index < -0.39 is 22.0 Å². The van der Waals surface area contributed by atoms with E-state index in [-0.39, 0.29) is 41.8 Å². The number of imide groups is 1. The maximum Gasteiger partial charge on any atom is 0.261 e. The Bertz CT molecular complexity index is 1400. The molecule has 2 aromatic carbocycles. The number of rotatable bonds is 4. The van der Waals surface area contributed by atoms with Gasteiger partial charge in [0.05, 0.1) is 10.4 Å². The lowest BCUT2D eigenvalue weighted by molar-refractivity contribution is -0.136. The predicted molar refractivity (Wildman–Crippen MR) is 115 cm³/mol. The van der Waals surface area contributed by atoms with Crippen LogP contribution < -0.4 is 10.0 Å². The molecule has 1 fully saturated rings. The van der Waals surface area contributed by atoms with Gasteiger partial charge in [0, 0.05) is 35.8 Å². The van der Waals surface area contributed by atoms with Crippen LogP contribution >= 0.6 is 0 Å². The summed E-state index contributed by atoms with van der Waals surface area (Å²) in [5, 5.41) is 2.95. The minimum atomic E-state index is -3.89. The number of anilines is 1. The van der Waals surface area contributed by atoms with Gasteiger partial charge in [-0.15, -0.1) is 0 Å². The average Bonchev–Trinajstić information content (AvgIpc) is 3.09. The SMILES string of the molecule is O=C1CCC(N2Cc3ccc(NS(=O)(=O)c4ccc5ncccc5c4)cc3C2=O)C(=O)N1. The van der Waals surface area contributed by atoms with Crippen LogP contribution in [-0.4, -0.2) is 42.1 Å². The van der Waals surface area contributed by atoms with Crippen LogP contribution in [0.5, 0.6) is 0 Å². The van der Waals surface area contributed by atoms with Gasteiger partial charge in [0.2, 0.25) is 11.8 Å². The highest BCUT2D eigenvalue weighted by Crippen LogP contribution is 2.30. The van der Waals surface area contributed by atoms with E-state index in [0.717, 1.165) is 0 Å². The molecule has 0 spiro atoms. The normalized spacial score (nSPS) is 18.6. The molecule has 1 unspecified atom stereocenters. The summed E-state index contributed by atoms with van der Waals surface area (Å²) in [5.74, 6) is -1.21. The summed E-state index contributed by atoms with van der Waals surface area (Å²) in [7, 11) is -3.89. The predicted octanol–water partition coefficient (Wildman–Crippen LogP) is 1.80. The number of hydrogen-bond acceptors (Lipinski definition) is 6. The molecule has 9 nitrogen and oxygen atoms in total. The van der Waals surface area contributed by atoms with Crippen LogP contribution in [0.25, 0.3) is 10.9 Å². The van der Waals surface area contributed by atoms with E-state index in [1.54, 1.807) is 36.5 Å². The van der Waals surface area contributed by atoms with Crippen molar-refractivity contribution in [3.05, 3.63) is 65.9 Å². The standard InChI is InChI=1S/C22H18N4O5S/c27-20-8-7-19(21(28)24-20)26-12-14-3-4-15(11-17(14)22(26)29)25-32(30,31)16-5-6-18-13(10-16)2-1-9-23-18/h1-6,9-11,19,25H,7-8,12H2,(H,24,27,28).